The Labute approximate surface area is 213 Å². The van der Waals surface area contributed by atoms with Gasteiger partial charge in [-0.05, 0) is 67.8 Å². The van der Waals surface area contributed by atoms with Crippen molar-refractivity contribution in [3.63, 3.8) is 0 Å². The van der Waals surface area contributed by atoms with Crippen LogP contribution in [0.25, 0.3) is 0 Å². The number of H-pyrrole nitrogens is 1. The molecule has 2 aromatic heterocycles. The maximum atomic E-state index is 12.7. The van der Waals surface area contributed by atoms with Gasteiger partial charge >= 0.3 is 0 Å². The van der Waals surface area contributed by atoms with Crippen LogP contribution >= 0.6 is 23.4 Å². The first kappa shape index (κ1) is 23.4. The third-order valence-electron chi connectivity index (χ3n) is 5.91. The van der Waals surface area contributed by atoms with E-state index in [0.29, 0.717) is 27.4 Å². The highest BCUT2D eigenvalue weighted by molar-refractivity contribution is 7.99. The van der Waals surface area contributed by atoms with E-state index >= 15 is 0 Å². The van der Waals surface area contributed by atoms with Crippen LogP contribution in [0.4, 0.5) is 23.1 Å². The molecular formula is C25H26ClN7OS. The Morgan fingerprint density at radius 2 is 1.97 bits per heavy atom. The van der Waals surface area contributed by atoms with Crippen molar-refractivity contribution < 1.29 is 4.79 Å². The van der Waals surface area contributed by atoms with Crippen LogP contribution in [0.5, 0.6) is 0 Å². The minimum atomic E-state index is -0.126. The number of aromatic amines is 1. The third-order valence-corrected chi connectivity index (χ3v) is 7.04. The number of amides is 1. The van der Waals surface area contributed by atoms with Crippen LogP contribution in [0.1, 0.15) is 25.5 Å². The number of anilines is 4. The van der Waals surface area contributed by atoms with Crippen LogP contribution in [0.15, 0.2) is 69.2 Å². The van der Waals surface area contributed by atoms with Gasteiger partial charge in [-0.3, -0.25) is 9.89 Å². The molecule has 1 aromatic carbocycles. The van der Waals surface area contributed by atoms with Crippen LogP contribution < -0.4 is 15.5 Å². The second-order valence-corrected chi connectivity index (χ2v) is 10.2. The number of aryl methyl sites for hydroxylation is 1. The van der Waals surface area contributed by atoms with Crippen molar-refractivity contribution >= 4 is 52.4 Å². The first-order chi connectivity index (χ1) is 16.9. The molecule has 1 atom stereocenters. The van der Waals surface area contributed by atoms with Gasteiger partial charge in [0.1, 0.15) is 11.6 Å². The normalized spacial score (nSPS) is 17.3. The number of carbonyl (C=O) groups excluding carboxylic acids is 1. The van der Waals surface area contributed by atoms with Gasteiger partial charge in [-0.15, -0.1) is 0 Å². The molecule has 0 saturated carbocycles. The lowest BCUT2D eigenvalue weighted by atomic mass is 9.92. The number of nitrogens with zero attached hydrogens (tertiary/aromatic N) is 4. The summed E-state index contributed by atoms with van der Waals surface area (Å²) in [6.45, 7) is 5.96. The van der Waals surface area contributed by atoms with Crippen molar-refractivity contribution in [3.05, 3.63) is 64.8 Å². The highest BCUT2D eigenvalue weighted by Gasteiger charge is 2.21. The number of allylic oxidation sites excluding steroid dienone is 3. The molecule has 1 aliphatic heterocycles. The van der Waals surface area contributed by atoms with Gasteiger partial charge in [0.05, 0.1) is 0 Å². The molecule has 0 bridgehead atoms. The quantitative estimate of drug-likeness (QED) is 0.356. The van der Waals surface area contributed by atoms with Gasteiger partial charge in [0.15, 0.2) is 11.0 Å². The molecule has 8 nitrogen and oxygen atoms in total. The van der Waals surface area contributed by atoms with Crippen molar-refractivity contribution in [2.45, 2.75) is 36.7 Å². The van der Waals surface area contributed by atoms with Gasteiger partial charge in [-0.25, -0.2) is 9.97 Å². The van der Waals surface area contributed by atoms with Crippen LogP contribution in [-0.4, -0.2) is 39.2 Å². The largest absolute Gasteiger partial charge is 0.356 e. The summed E-state index contributed by atoms with van der Waals surface area (Å²) >= 11 is 7.57. The summed E-state index contributed by atoms with van der Waals surface area (Å²) in [5.41, 5.74) is 2.39. The molecule has 3 heterocycles. The number of hydrogen-bond donors (Lipinski definition) is 3. The van der Waals surface area contributed by atoms with Gasteiger partial charge in [0, 0.05) is 52.1 Å². The highest BCUT2D eigenvalue weighted by Crippen LogP contribution is 2.31. The summed E-state index contributed by atoms with van der Waals surface area (Å²) in [6.07, 6.45) is 5.61. The Bertz CT molecular complexity index is 1300. The van der Waals surface area contributed by atoms with Crippen molar-refractivity contribution in [2.24, 2.45) is 5.92 Å². The fourth-order valence-corrected chi connectivity index (χ4v) is 4.79. The van der Waals surface area contributed by atoms with Gasteiger partial charge in [-0.1, -0.05) is 24.6 Å². The predicted molar refractivity (Wildman–Crippen MR) is 140 cm³/mol. The predicted octanol–water partition coefficient (Wildman–Crippen LogP) is 5.64. The van der Waals surface area contributed by atoms with E-state index in [1.54, 1.807) is 6.08 Å². The molecule has 0 unspecified atom stereocenters. The summed E-state index contributed by atoms with van der Waals surface area (Å²) in [7, 11) is 0. The Morgan fingerprint density at radius 3 is 2.66 bits per heavy atom. The van der Waals surface area contributed by atoms with Gasteiger partial charge in [0.25, 0.3) is 5.91 Å². The second kappa shape index (κ2) is 10.1. The maximum absolute atomic E-state index is 12.7. The van der Waals surface area contributed by atoms with Crippen LogP contribution in [-0.2, 0) is 4.79 Å². The molecule has 1 fully saturated rings. The molecule has 0 spiro atoms. The first-order valence-corrected chi connectivity index (χ1v) is 12.7. The van der Waals surface area contributed by atoms with Crippen LogP contribution in [0, 0.1) is 12.8 Å². The zero-order chi connectivity index (χ0) is 24.4. The number of nitrogens with one attached hydrogen (secondary N) is 3. The zero-order valence-corrected chi connectivity index (χ0v) is 21.1. The highest BCUT2D eigenvalue weighted by atomic mass is 35.5. The molecule has 3 aromatic rings. The van der Waals surface area contributed by atoms with Crippen molar-refractivity contribution in [2.75, 3.05) is 28.6 Å². The lowest BCUT2D eigenvalue weighted by Gasteiger charge is -2.32. The summed E-state index contributed by atoms with van der Waals surface area (Å²) in [5.74, 6) is 2.32. The van der Waals surface area contributed by atoms with E-state index in [9.17, 15) is 4.79 Å². The van der Waals surface area contributed by atoms with E-state index in [4.69, 9.17) is 16.6 Å². The molecule has 1 aliphatic carbocycles. The summed E-state index contributed by atoms with van der Waals surface area (Å²) < 4.78 is 0. The van der Waals surface area contributed by atoms with Crippen molar-refractivity contribution in [1.29, 1.82) is 0 Å². The first-order valence-electron chi connectivity index (χ1n) is 11.5. The fourth-order valence-electron chi connectivity index (χ4n) is 3.81. The minimum Gasteiger partial charge on any atom is -0.356 e. The average molecular weight is 508 g/mol. The molecule has 0 radical (unpaired) electrons. The molecule has 2 aliphatic rings. The molecule has 10 heteroatoms. The molecule has 180 valence electrons. The number of halogens is 1. The van der Waals surface area contributed by atoms with E-state index in [2.05, 4.69) is 30.7 Å². The van der Waals surface area contributed by atoms with Crippen LogP contribution in [0.2, 0.25) is 0 Å². The molecule has 5 rings (SSSR count). The summed E-state index contributed by atoms with van der Waals surface area (Å²) in [4.78, 5) is 25.4. The zero-order valence-electron chi connectivity index (χ0n) is 19.5. The minimum absolute atomic E-state index is 0.126. The van der Waals surface area contributed by atoms with Crippen molar-refractivity contribution in [3.8, 4) is 0 Å². The van der Waals surface area contributed by atoms with Gasteiger partial charge < -0.3 is 15.5 Å². The Morgan fingerprint density at radius 1 is 1.17 bits per heavy atom. The third kappa shape index (κ3) is 5.68. The number of aromatic nitrogens is 4. The standard InChI is InChI=1S/C25H26ClN7OS/c1-15-4-5-17(26)13-20(15)24(34)27-18-6-8-19(9-7-18)35-25-29-21(28-22-12-16(2)31-32-22)14-23(30-25)33-10-3-11-33/h5-9,12-15H,3-4,10-11H2,1-2H3,(H,27,34)(H2,28,29,30,31,32)/t15-/m1/s1. The van der Waals surface area contributed by atoms with E-state index < -0.39 is 0 Å². The van der Waals surface area contributed by atoms with Crippen molar-refractivity contribution in [1.82, 2.24) is 20.2 Å². The molecule has 1 saturated heterocycles. The smallest absolute Gasteiger partial charge is 0.251 e. The molecule has 1 amide bonds. The van der Waals surface area contributed by atoms with Gasteiger partial charge in [-0.2, -0.15) is 5.10 Å². The van der Waals surface area contributed by atoms with Gasteiger partial charge in [0.2, 0.25) is 0 Å². The monoisotopic (exact) mass is 507 g/mol. The lowest BCUT2D eigenvalue weighted by molar-refractivity contribution is -0.113. The van der Waals surface area contributed by atoms with E-state index in [1.165, 1.54) is 18.2 Å². The molecule has 3 N–H and O–H groups in total. The number of hydrogen-bond acceptors (Lipinski definition) is 7. The Balaban J connectivity index is 1.30. The maximum Gasteiger partial charge on any atom is 0.251 e. The molecule has 35 heavy (non-hydrogen) atoms. The number of benzene rings is 1. The van der Waals surface area contributed by atoms with Crippen LogP contribution in [0.3, 0.4) is 0 Å². The summed E-state index contributed by atoms with van der Waals surface area (Å²) in [5, 5.41) is 14.7. The fraction of sp³-hybridized carbons (Fsp3) is 0.280. The number of rotatable bonds is 7. The average Bonchev–Trinajstić information content (AvgIpc) is 3.20. The SMILES string of the molecule is Cc1cc(Nc2cc(N3CCC3)nc(Sc3ccc(NC(=O)C4=CC(Cl)=CC[C@H]4C)cc3)n2)n[nH]1. The molecular weight excluding hydrogens is 482 g/mol. The van der Waals surface area contributed by atoms with E-state index in [0.717, 1.165) is 41.6 Å². The Kier molecular flexibility index (Phi) is 6.79. The Hall–Kier alpha value is -3.30. The van der Waals surface area contributed by atoms with E-state index in [-0.39, 0.29) is 11.8 Å². The topological polar surface area (TPSA) is 98.8 Å². The number of carbonyl (C=O) groups is 1. The lowest BCUT2D eigenvalue weighted by Crippen LogP contribution is -2.37. The second-order valence-electron chi connectivity index (χ2n) is 8.70. The van der Waals surface area contributed by atoms with E-state index in [1.807, 2.05) is 56.3 Å². The summed E-state index contributed by atoms with van der Waals surface area (Å²) in [6, 6.07) is 11.6.